The molecular weight excluding hydrogens is 1170 g/mol. The quantitative estimate of drug-likeness (QED) is 0.0588. The van der Waals surface area contributed by atoms with Crippen molar-refractivity contribution < 1.29 is 65.8 Å². The summed E-state index contributed by atoms with van der Waals surface area (Å²) in [6.45, 7) is 75.3. The van der Waals surface area contributed by atoms with Crippen LogP contribution in [0.5, 0.6) is 0 Å². The molecule has 33 heteroatoms. The maximum absolute atomic E-state index is 6.90. The SMILES string of the molecule is C[Si](C)(C)O[Si](C)(C)O[Si](C)(C)O[Si](C)(C)O[Si](C)(C)O[Si](C)(C)O[Si](C)(C)O[Si](C)(C)O[Si](C)(C)O[Si](C)(C)O[Si](C)(C)O[Si](C)(C)O[Si](C)(C)O[Si](C)(C)O[Si](C)(C)O[Si](C)(C)O[Si](C)(C)C. The minimum absolute atomic E-state index is 1.78. The third-order valence-corrected chi connectivity index (χ3v) is 71.9. The molecule has 0 N–H and O–H groups in total. The molecule has 0 atom stereocenters. The molecule has 0 aromatic carbocycles. The van der Waals surface area contributed by atoms with Crippen LogP contribution in [-0.2, 0) is 65.8 Å². The summed E-state index contributed by atoms with van der Waals surface area (Å²) in [6.07, 6.45) is 0. The lowest BCUT2D eigenvalue weighted by molar-refractivity contribution is 0.250. The Labute approximate surface area is 443 Å². The van der Waals surface area contributed by atoms with E-state index in [-0.39, 0.29) is 0 Å². The van der Waals surface area contributed by atoms with Gasteiger partial charge in [-0.3, -0.25) is 0 Å². The molecule has 0 bridgehead atoms. The molecular formula is C36H108O16Si17. The fraction of sp³-hybridized carbons (Fsp3) is 1.00. The summed E-state index contributed by atoms with van der Waals surface area (Å²) >= 11 is 0. The van der Waals surface area contributed by atoms with Crippen molar-refractivity contribution in [3.05, 3.63) is 0 Å². The van der Waals surface area contributed by atoms with Gasteiger partial charge in [0, 0.05) is 0 Å². The molecule has 0 spiro atoms. The Morgan fingerprint density at radius 3 is 0.217 bits per heavy atom. The second kappa shape index (κ2) is 23.8. The first kappa shape index (κ1) is 72.0. The monoisotopic (exact) mass is 1270 g/mol. The van der Waals surface area contributed by atoms with Crippen LogP contribution in [0.4, 0.5) is 0 Å². The zero-order valence-electron chi connectivity index (χ0n) is 51.0. The van der Waals surface area contributed by atoms with Crippen LogP contribution in [-0.4, -0.2) is 145 Å². The first-order valence-corrected chi connectivity index (χ1v) is 73.6. The van der Waals surface area contributed by atoms with Crippen molar-refractivity contribution in [3.8, 4) is 0 Å². The molecule has 0 unspecified atom stereocenters. The molecule has 416 valence electrons. The minimum atomic E-state index is -2.81. The van der Waals surface area contributed by atoms with Crippen molar-refractivity contribution in [2.24, 2.45) is 0 Å². The fourth-order valence-electron chi connectivity index (χ4n) is 10.1. The molecule has 0 fully saturated rings. The van der Waals surface area contributed by atoms with E-state index in [2.05, 4.69) is 236 Å². The maximum atomic E-state index is 6.90. The summed E-state index contributed by atoms with van der Waals surface area (Å²) < 4.78 is 108. The van der Waals surface area contributed by atoms with Gasteiger partial charge in [-0.1, -0.05) is 0 Å². The number of hydrogen-bond donors (Lipinski definition) is 0. The predicted octanol–water partition coefficient (Wildman–Crippen LogP) is 13.4. The molecule has 0 aliphatic carbocycles. The third kappa shape index (κ3) is 34.5. The smallest absolute Gasteiger partial charge is 0.314 e. The predicted molar refractivity (Wildman–Crippen MR) is 326 cm³/mol. The first-order chi connectivity index (χ1) is 29.3. The average Bonchev–Trinajstić information content (AvgIpc) is 2.78. The zero-order chi connectivity index (χ0) is 55.8. The molecule has 0 rings (SSSR count). The lowest BCUT2D eigenvalue weighted by atomic mass is 11.8. The number of rotatable bonds is 32. The van der Waals surface area contributed by atoms with Crippen LogP contribution >= 0.6 is 0 Å². The maximum Gasteiger partial charge on any atom is 0.314 e. The van der Waals surface area contributed by atoms with Crippen molar-refractivity contribution in [1.82, 2.24) is 0 Å². The third-order valence-electron chi connectivity index (χ3n) is 7.99. The van der Waals surface area contributed by atoms with Crippen LogP contribution in [0.2, 0.25) is 236 Å². The standard InChI is InChI=1S/C36H108O16Si17/c1-53(2,3)37-55(7,8)39-57(11,12)41-59(15,16)43-61(19,20)45-63(23,24)47-65(27,28)49-67(31,32)51-69(35,36)52-68(33,34)50-66(29,30)48-64(25,26)46-62(21,22)44-60(17,18)42-58(13,14)40-56(9,10)38-54(4,5)6/h1-36H3. The summed E-state index contributed by atoms with van der Waals surface area (Å²) in [4.78, 5) is 0. The van der Waals surface area contributed by atoms with E-state index in [4.69, 9.17) is 65.8 Å². The molecule has 0 aromatic rings. The van der Waals surface area contributed by atoms with Crippen LogP contribution in [0.25, 0.3) is 0 Å². The van der Waals surface area contributed by atoms with E-state index >= 15 is 0 Å². The lowest BCUT2D eigenvalue weighted by Crippen LogP contribution is -2.63. The molecule has 0 aromatic heterocycles. The highest BCUT2D eigenvalue weighted by atomic mass is 28.5. The van der Waals surface area contributed by atoms with E-state index < -0.39 is 145 Å². The van der Waals surface area contributed by atoms with Gasteiger partial charge in [-0.05, 0) is 236 Å². The summed E-state index contributed by atoms with van der Waals surface area (Å²) in [5.74, 6) is 0. The van der Waals surface area contributed by atoms with Crippen molar-refractivity contribution in [2.75, 3.05) is 0 Å². The van der Waals surface area contributed by atoms with Crippen molar-refractivity contribution in [2.45, 2.75) is 236 Å². The van der Waals surface area contributed by atoms with Gasteiger partial charge >= 0.3 is 128 Å². The number of hydrogen-bond acceptors (Lipinski definition) is 16. The summed E-state index contributed by atoms with van der Waals surface area (Å²) in [5, 5.41) is 0. The van der Waals surface area contributed by atoms with Gasteiger partial charge in [-0.2, -0.15) is 0 Å². The summed E-state index contributed by atoms with van der Waals surface area (Å²) in [6, 6.07) is 0. The second-order valence-electron chi connectivity index (χ2n) is 26.9. The minimum Gasteiger partial charge on any atom is -0.437 e. The molecule has 0 heterocycles. The van der Waals surface area contributed by atoms with Gasteiger partial charge < -0.3 is 65.8 Å². The van der Waals surface area contributed by atoms with E-state index in [1.54, 1.807) is 0 Å². The zero-order valence-corrected chi connectivity index (χ0v) is 68.0. The van der Waals surface area contributed by atoms with Crippen molar-refractivity contribution >= 4 is 145 Å². The fourth-order valence-corrected chi connectivity index (χ4v) is 96.3. The highest BCUT2D eigenvalue weighted by Crippen LogP contribution is 2.33. The Kier molecular flexibility index (Phi) is 24.8. The molecule has 0 aliphatic rings. The second-order valence-corrected chi connectivity index (χ2v) is 90.4. The molecule has 16 nitrogen and oxygen atoms in total. The highest BCUT2D eigenvalue weighted by Gasteiger charge is 2.53. The molecule has 0 aliphatic heterocycles. The molecule has 69 heavy (non-hydrogen) atoms. The Bertz CT molecular complexity index is 1530. The van der Waals surface area contributed by atoms with Crippen molar-refractivity contribution in [3.63, 3.8) is 0 Å². The first-order valence-electron chi connectivity index (χ1n) is 24.5. The van der Waals surface area contributed by atoms with Crippen LogP contribution in [0.15, 0.2) is 0 Å². The van der Waals surface area contributed by atoms with Crippen LogP contribution < -0.4 is 0 Å². The van der Waals surface area contributed by atoms with Gasteiger partial charge in [-0.15, -0.1) is 0 Å². The highest BCUT2D eigenvalue weighted by molar-refractivity contribution is 6.95. The Morgan fingerprint density at radius 1 is 0.101 bits per heavy atom. The van der Waals surface area contributed by atoms with Gasteiger partial charge in [0.15, 0.2) is 16.6 Å². The summed E-state index contributed by atoms with van der Waals surface area (Å²) in [7, 11) is -44.0. The largest absolute Gasteiger partial charge is 0.437 e. The van der Waals surface area contributed by atoms with Crippen molar-refractivity contribution in [1.29, 1.82) is 0 Å². The van der Waals surface area contributed by atoms with Crippen LogP contribution in [0.3, 0.4) is 0 Å². The Morgan fingerprint density at radius 2 is 0.159 bits per heavy atom. The van der Waals surface area contributed by atoms with E-state index in [0.29, 0.717) is 0 Å². The Hall–Kier alpha value is 3.05. The van der Waals surface area contributed by atoms with Gasteiger partial charge in [0.05, 0.1) is 0 Å². The van der Waals surface area contributed by atoms with E-state index in [0.717, 1.165) is 0 Å². The molecule has 0 radical (unpaired) electrons. The van der Waals surface area contributed by atoms with Gasteiger partial charge in [-0.25, -0.2) is 0 Å². The van der Waals surface area contributed by atoms with Gasteiger partial charge in [0.2, 0.25) is 0 Å². The Balaban J connectivity index is 5.75. The average molecular weight is 1270 g/mol. The lowest BCUT2D eigenvalue weighted by Gasteiger charge is -2.45. The van der Waals surface area contributed by atoms with Gasteiger partial charge in [0.1, 0.15) is 0 Å². The normalized spacial score (nSPS) is 16.2. The van der Waals surface area contributed by atoms with E-state index in [1.165, 1.54) is 0 Å². The van der Waals surface area contributed by atoms with E-state index in [1.807, 2.05) is 0 Å². The topological polar surface area (TPSA) is 148 Å². The molecule has 0 amide bonds. The van der Waals surface area contributed by atoms with Gasteiger partial charge in [0.25, 0.3) is 0 Å². The summed E-state index contributed by atoms with van der Waals surface area (Å²) in [5.41, 5.74) is 0. The van der Waals surface area contributed by atoms with Crippen LogP contribution in [0.1, 0.15) is 0 Å². The molecule has 0 saturated heterocycles. The molecule has 0 saturated carbocycles. The van der Waals surface area contributed by atoms with Crippen LogP contribution in [0, 0.1) is 0 Å². The van der Waals surface area contributed by atoms with E-state index in [9.17, 15) is 0 Å².